The fraction of sp³-hybridized carbons (Fsp3) is 0.357. The summed E-state index contributed by atoms with van der Waals surface area (Å²) < 4.78 is 5.37. The molecule has 1 aromatic rings. The SMILES string of the molecule is N#Cc1ccc(NCC2CCC(C(=O)O)O2)cc1C#N. The highest BCUT2D eigenvalue weighted by Gasteiger charge is 2.30. The molecule has 1 saturated heterocycles. The topological polar surface area (TPSA) is 106 Å². The van der Waals surface area contributed by atoms with Gasteiger partial charge in [0.2, 0.25) is 0 Å². The van der Waals surface area contributed by atoms with Gasteiger partial charge >= 0.3 is 5.97 Å². The van der Waals surface area contributed by atoms with Crippen LogP contribution in [0.2, 0.25) is 0 Å². The maximum Gasteiger partial charge on any atom is 0.332 e. The molecule has 0 aromatic heterocycles. The molecule has 0 amide bonds. The number of hydrogen-bond acceptors (Lipinski definition) is 5. The number of nitrogens with one attached hydrogen (secondary N) is 1. The van der Waals surface area contributed by atoms with Gasteiger partial charge in [0.15, 0.2) is 6.10 Å². The van der Waals surface area contributed by atoms with Gasteiger partial charge in [0.05, 0.1) is 17.2 Å². The van der Waals surface area contributed by atoms with Gasteiger partial charge in [-0.2, -0.15) is 10.5 Å². The molecule has 0 bridgehead atoms. The van der Waals surface area contributed by atoms with E-state index in [0.717, 1.165) is 0 Å². The normalized spacial score (nSPS) is 20.9. The molecule has 1 aromatic carbocycles. The van der Waals surface area contributed by atoms with Gasteiger partial charge in [-0.15, -0.1) is 0 Å². The van der Waals surface area contributed by atoms with Crippen molar-refractivity contribution in [3.8, 4) is 12.1 Å². The molecule has 0 radical (unpaired) electrons. The van der Waals surface area contributed by atoms with E-state index in [-0.39, 0.29) is 6.10 Å². The zero-order valence-electron chi connectivity index (χ0n) is 10.7. The van der Waals surface area contributed by atoms with Gasteiger partial charge in [-0.1, -0.05) is 0 Å². The Balaban J connectivity index is 1.94. The lowest BCUT2D eigenvalue weighted by atomic mass is 10.1. The zero-order chi connectivity index (χ0) is 14.5. The third-order valence-electron chi connectivity index (χ3n) is 3.18. The smallest absolute Gasteiger partial charge is 0.332 e. The highest BCUT2D eigenvalue weighted by molar-refractivity contribution is 5.72. The summed E-state index contributed by atoms with van der Waals surface area (Å²) in [6.45, 7) is 0.473. The van der Waals surface area contributed by atoms with Crippen molar-refractivity contribution < 1.29 is 14.6 Å². The van der Waals surface area contributed by atoms with E-state index in [0.29, 0.717) is 36.2 Å². The van der Waals surface area contributed by atoms with Crippen molar-refractivity contribution >= 4 is 11.7 Å². The number of carbonyl (C=O) groups is 1. The third-order valence-corrected chi connectivity index (χ3v) is 3.18. The van der Waals surface area contributed by atoms with Crippen molar-refractivity contribution in [2.75, 3.05) is 11.9 Å². The van der Waals surface area contributed by atoms with Crippen molar-refractivity contribution in [1.82, 2.24) is 0 Å². The summed E-state index contributed by atoms with van der Waals surface area (Å²) in [5.74, 6) is -0.933. The molecule has 0 spiro atoms. The lowest BCUT2D eigenvalue weighted by molar-refractivity contribution is -0.149. The van der Waals surface area contributed by atoms with E-state index in [1.165, 1.54) is 0 Å². The number of nitrogens with zero attached hydrogens (tertiary/aromatic N) is 2. The van der Waals surface area contributed by atoms with Crippen LogP contribution in [-0.2, 0) is 9.53 Å². The Labute approximate surface area is 116 Å². The third kappa shape index (κ3) is 3.05. The number of ether oxygens (including phenoxy) is 1. The molecule has 1 fully saturated rings. The molecule has 6 heteroatoms. The largest absolute Gasteiger partial charge is 0.479 e. The first-order chi connectivity index (χ1) is 9.63. The minimum atomic E-state index is -0.933. The second kappa shape index (κ2) is 6.05. The number of anilines is 1. The van der Waals surface area contributed by atoms with E-state index in [2.05, 4.69) is 5.32 Å². The number of rotatable bonds is 4. The Morgan fingerprint density at radius 1 is 1.35 bits per heavy atom. The summed E-state index contributed by atoms with van der Waals surface area (Å²) in [7, 11) is 0. The average molecular weight is 271 g/mol. The van der Waals surface area contributed by atoms with Crippen LogP contribution in [0, 0.1) is 22.7 Å². The first kappa shape index (κ1) is 13.9. The summed E-state index contributed by atoms with van der Waals surface area (Å²) in [4.78, 5) is 10.8. The van der Waals surface area contributed by atoms with E-state index in [4.69, 9.17) is 20.4 Å². The van der Waals surface area contributed by atoms with Crippen LogP contribution in [0.1, 0.15) is 24.0 Å². The number of nitriles is 2. The van der Waals surface area contributed by atoms with Gasteiger partial charge in [0, 0.05) is 12.2 Å². The van der Waals surface area contributed by atoms with E-state index in [9.17, 15) is 4.79 Å². The van der Waals surface area contributed by atoms with Gasteiger partial charge < -0.3 is 15.2 Å². The standard InChI is InChI=1S/C14H13N3O3/c15-6-9-1-2-11(5-10(9)7-16)17-8-12-3-4-13(20-12)14(18)19/h1-2,5,12-13,17H,3-4,8H2,(H,18,19). The first-order valence-corrected chi connectivity index (χ1v) is 6.20. The Bertz CT molecular complexity index is 601. The predicted molar refractivity (Wildman–Crippen MR) is 69.9 cm³/mol. The summed E-state index contributed by atoms with van der Waals surface area (Å²) >= 11 is 0. The van der Waals surface area contributed by atoms with Crippen LogP contribution in [0.25, 0.3) is 0 Å². The summed E-state index contributed by atoms with van der Waals surface area (Å²) in [5, 5.41) is 29.7. The molecule has 102 valence electrons. The van der Waals surface area contributed by atoms with Gasteiger partial charge in [-0.3, -0.25) is 0 Å². The van der Waals surface area contributed by atoms with Gasteiger partial charge in [-0.05, 0) is 31.0 Å². The molecule has 1 aliphatic rings. The van der Waals surface area contributed by atoms with Gasteiger partial charge in [-0.25, -0.2) is 4.79 Å². The summed E-state index contributed by atoms with van der Waals surface area (Å²) in [6.07, 6.45) is 0.318. The van der Waals surface area contributed by atoms with Crippen molar-refractivity contribution in [1.29, 1.82) is 10.5 Å². The van der Waals surface area contributed by atoms with Crippen LogP contribution >= 0.6 is 0 Å². The van der Waals surface area contributed by atoms with E-state index in [1.807, 2.05) is 12.1 Å². The summed E-state index contributed by atoms with van der Waals surface area (Å²) in [5.41, 5.74) is 1.36. The number of aliphatic carboxylic acids is 1. The van der Waals surface area contributed by atoms with Crippen LogP contribution in [0.15, 0.2) is 18.2 Å². The van der Waals surface area contributed by atoms with E-state index in [1.54, 1.807) is 18.2 Å². The molecular weight excluding hydrogens is 258 g/mol. The fourth-order valence-corrected chi connectivity index (χ4v) is 2.11. The number of carboxylic acid groups (broad SMARTS) is 1. The van der Waals surface area contributed by atoms with Crippen molar-refractivity contribution in [3.63, 3.8) is 0 Å². The van der Waals surface area contributed by atoms with Crippen molar-refractivity contribution in [2.24, 2.45) is 0 Å². The van der Waals surface area contributed by atoms with Crippen molar-refractivity contribution in [2.45, 2.75) is 25.0 Å². The Morgan fingerprint density at radius 2 is 2.10 bits per heavy atom. The quantitative estimate of drug-likeness (QED) is 0.859. The van der Waals surface area contributed by atoms with Crippen LogP contribution in [0.3, 0.4) is 0 Å². The lowest BCUT2D eigenvalue weighted by Crippen LogP contribution is -2.24. The number of benzene rings is 1. The minimum absolute atomic E-state index is 0.155. The molecule has 2 rings (SSSR count). The van der Waals surface area contributed by atoms with Gasteiger partial charge in [0.25, 0.3) is 0 Å². The zero-order valence-corrected chi connectivity index (χ0v) is 10.7. The second-order valence-corrected chi connectivity index (χ2v) is 4.53. The van der Waals surface area contributed by atoms with E-state index >= 15 is 0 Å². The van der Waals surface area contributed by atoms with Crippen molar-refractivity contribution in [3.05, 3.63) is 29.3 Å². The van der Waals surface area contributed by atoms with E-state index < -0.39 is 12.1 Å². The molecule has 20 heavy (non-hydrogen) atoms. The number of hydrogen-bond donors (Lipinski definition) is 2. The van der Waals surface area contributed by atoms with Crippen LogP contribution in [0.5, 0.6) is 0 Å². The molecule has 6 nitrogen and oxygen atoms in total. The molecule has 0 aliphatic carbocycles. The van der Waals surface area contributed by atoms with Crippen LogP contribution in [0.4, 0.5) is 5.69 Å². The van der Waals surface area contributed by atoms with Crippen LogP contribution < -0.4 is 5.32 Å². The minimum Gasteiger partial charge on any atom is -0.479 e. The molecular formula is C14H13N3O3. The maximum absolute atomic E-state index is 10.8. The second-order valence-electron chi connectivity index (χ2n) is 4.53. The van der Waals surface area contributed by atoms with Gasteiger partial charge in [0.1, 0.15) is 12.1 Å². The Kier molecular flexibility index (Phi) is 4.19. The van der Waals surface area contributed by atoms with Crippen LogP contribution in [-0.4, -0.2) is 29.8 Å². The fourth-order valence-electron chi connectivity index (χ4n) is 2.11. The first-order valence-electron chi connectivity index (χ1n) is 6.20. The Hall–Kier alpha value is -2.57. The average Bonchev–Trinajstić information content (AvgIpc) is 2.94. The lowest BCUT2D eigenvalue weighted by Gasteiger charge is -2.13. The highest BCUT2D eigenvalue weighted by Crippen LogP contribution is 2.21. The number of carboxylic acids is 1. The summed E-state index contributed by atoms with van der Waals surface area (Å²) in [6, 6.07) is 8.80. The molecule has 2 unspecified atom stereocenters. The molecule has 1 aliphatic heterocycles. The highest BCUT2D eigenvalue weighted by atomic mass is 16.5. The monoisotopic (exact) mass is 271 g/mol. The predicted octanol–water partition coefficient (Wildman–Crippen LogP) is 1.47. The molecule has 1 heterocycles. The Morgan fingerprint density at radius 3 is 2.70 bits per heavy atom. The molecule has 2 atom stereocenters. The molecule has 2 N–H and O–H groups in total. The maximum atomic E-state index is 10.8. The molecule has 0 saturated carbocycles.